The molecule has 1 aromatic heterocycles. The van der Waals surface area contributed by atoms with Crippen molar-refractivity contribution in [3.05, 3.63) is 23.4 Å². The summed E-state index contributed by atoms with van der Waals surface area (Å²) in [6.07, 6.45) is 0. The van der Waals surface area contributed by atoms with Crippen molar-refractivity contribution in [2.24, 2.45) is 5.92 Å². The topological polar surface area (TPSA) is 34.1 Å². The van der Waals surface area contributed by atoms with Crippen LogP contribution in [0.2, 0.25) is 0 Å². The van der Waals surface area contributed by atoms with Gasteiger partial charge in [-0.15, -0.1) is 0 Å². The Hall–Kier alpha value is -1.09. The molecule has 0 unspecified atom stereocenters. The number of nitrogens with one attached hydrogen (secondary N) is 1. The zero-order valence-electron chi connectivity index (χ0n) is 12.3. The number of hydrogen-bond acceptors (Lipinski definition) is 3. The zero-order valence-corrected chi connectivity index (χ0v) is 12.3. The van der Waals surface area contributed by atoms with E-state index in [0.29, 0.717) is 11.8 Å². The average Bonchev–Trinajstić information content (AvgIpc) is 2.33. The monoisotopic (exact) mass is 250 g/mol. The van der Waals surface area contributed by atoms with E-state index in [9.17, 15) is 0 Å². The Morgan fingerprint density at radius 2 is 1.94 bits per heavy atom. The predicted octanol–water partition coefficient (Wildman–Crippen LogP) is 3.35. The standard InChI is InChI=1S/C15H26N2O/c1-6-16-9-13-7-14(12(4)5)17-15(8-13)18-10-11(2)3/h7-8,11-12,16H,6,9-10H2,1-5H3. The maximum Gasteiger partial charge on any atom is 0.213 e. The molecule has 0 aliphatic heterocycles. The summed E-state index contributed by atoms with van der Waals surface area (Å²) in [6, 6.07) is 4.20. The molecule has 1 aromatic rings. The molecule has 0 saturated heterocycles. The van der Waals surface area contributed by atoms with Crippen molar-refractivity contribution in [2.75, 3.05) is 13.2 Å². The van der Waals surface area contributed by atoms with Crippen molar-refractivity contribution in [2.45, 2.75) is 47.1 Å². The summed E-state index contributed by atoms with van der Waals surface area (Å²) in [7, 11) is 0. The van der Waals surface area contributed by atoms with Crippen LogP contribution in [0.25, 0.3) is 0 Å². The first-order valence-electron chi connectivity index (χ1n) is 6.87. The smallest absolute Gasteiger partial charge is 0.213 e. The van der Waals surface area contributed by atoms with Crippen LogP contribution in [0.15, 0.2) is 12.1 Å². The Morgan fingerprint density at radius 1 is 1.22 bits per heavy atom. The molecule has 0 aromatic carbocycles. The third kappa shape index (κ3) is 5.05. The molecule has 0 saturated carbocycles. The molecule has 0 aliphatic rings. The largest absolute Gasteiger partial charge is 0.477 e. The van der Waals surface area contributed by atoms with Gasteiger partial charge in [0.15, 0.2) is 0 Å². The minimum atomic E-state index is 0.424. The van der Waals surface area contributed by atoms with Crippen LogP contribution in [0.3, 0.4) is 0 Å². The first-order chi connectivity index (χ1) is 8.52. The van der Waals surface area contributed by atoms with Crippen molar-refractivity contribution >= 4 is 0 Å². The first kappa shape index (κ1) is 15.0. The van der Waals surface area contributed by atoms with Gasteiger partial charge in [0.2, 0.25) is 5.88 Å². The highest BCUT2D eigenvalue weighted by atomic mass is 16.5. The van der Waals surface area contributed by atoms with E-state index in [1.807, 2.05) is 6.07 Å². The lowest BCUT2D eigenvalue weighted by atomic mass is 10.1. The van der Waals surface area contributed by atoms with Gasteiger partial charge in [-0.2, -0.15) is 0 Å². The van der Waals surface area contributed by atoms with Gasteiger partial charge in [-0.1, -0.05) is 34.6 Å². The van der Waals surface area contributed by atoms with Crippen molar-refractivity contribution in [1.29, 1.82) is 0 Å². The number of hydrogen-bond donors (Lipinski definition) is 1. The van der Waals surface area contributed by atoms with Gasteiger partial charge in [0.1, 0.15) is 0 Å². The normalized spacial score (nSPS) is 11.3. The molecule has 0 radical (unpaired) electrons. The average molecular weight is 250 g/mol. The summed E-state index contributed by atoms with van der Waals surface area (Å²) >= 11 is 0. The van der Waals surface area contributed by atoms with E-state index in [0.717, 1.165) is 31.3 Å². The van der Waals surface area contributed by atoms with Gasteiger partial charge in [-0.25, -0.2) is 4.98 Å². The zero-order chi connectivity index (χ0) is 13.5. The summed E-state index contributed by atoms with van der Waals surface area (Å²) in [6.45, 7) is 13.3. The lowest BCUT2D eigenvalue weighted by Crippen LogP contribution is -2.13. The van der Waals surface area contributed by atoms with E-state index in [4.69, 9.17) is 4.74 Å². The summed E-state index contributed by atoms with van der Waals surface area (Å²) in [5, 5.41) is 3.34. The predicted molar refractivity (Wildman–Crippen MR) is 76.0 cm³/mol. The molecule has 3 heteroatoms. The van der Waals surface area contributed by atoms with E-state index >= 15 is 0 Å². The minimum absolute atomic E-state index is 0.424. The second kappa shape index (κ2) is 7.37. The van der Waals surface area contributed by atoms with Crippen LogP contribution >= 0.6 is 0 Å². The lowest BCUT2D eigenvalue weighted by molar-refractivity contribution is 0.260. The van der Waals surface area contributed by atoms with E-state index in [-0.39, 0.29) is 0 Å². The van der Waals surface area contributed by atoms with E-state index < -0.39 is 0 Å². The molecule has 18 heavy (non-hydrogen) atoms. The fourth-order valence-corrected chi connectivity index (χ4v) is 1.58. The third-order valence-electron chi connectivity index (χ3n) is 2.62. The van der Waals surface area contributed by atoms with Gasteiger partial charge in [0, 0.05) is 18.3 Å². The number of pyridine rings is 1. The van der Waals surface area contributed by atoms with Gasteiger partial charge in [-0.3, -0.25) is 0 Å². The molecule has 1 heterocycles. The van der Waals surface area contributed by atoms with E-state index in [2.05, 4.69) is 51.0 Å². The van der Waals surface area contributed by atoms with Crippen LogP contribution in [0, 0.1) is 5.92 Å². The molecule has 0 spiro atoms. The van der Waals surface area contributed by atoms with Crippen molar-refractivity contribution in [3.63, 3.8) is 0 Å². The third-order valence-corrected chi connectivity index (χ3v) is 2.62. The van der Waals surface area contributed by atoms with Gasteiger partial charge in [0.05, 0.1) is 6.61 Å². The van der Waals surface area contributed by atoms with Crippen LogP contribution < -0.4 is 10.1 Å². The minimum Gasteiger partial charge on any atom is -0.477 e. The lowest BCUT2D eigenvalue weighted by Gasteiger charge is -2.13. The molecule has 1 rings (SSSR count). The molecule has 0 aliphatic carbocycles. The van der Waals surface area contributed by atoms with Gasteiger partial charge in [-0.05, 0) is 30.0 Å². The van der Waals surface area contributed by atoms with Gasteiger partial charge < -0.3 is 10.1 Å². The molecule has 3 nitrogen and oxygen atoms in total. The highest BCUT2D eigenvalue weighted by Gasteiger charge is 2.07. The number of ether oxygens (including phenoxy) is 1. The second-order valence-corrected chi connectivity index (χ2v) is 5.38. The van der Waals surface area contributed by atoms with Crippen molar-refractivity contribution in [1.82, 2.24) is 10.3 Å². The molecule has 0 amide bonds. The maximum atomic E-state index is 5.74. The molecular weight excluding hydrogens is 224 g/mol. The number of rotatable bonds is 7. The summed E-state index contributed by atoms with van der Waals surface area (Å²) in [5.74, 6) is 1.70. The number of nitrogens with zero attached hydrogens (tertiary/aromatic N) is 1. The highest BCUT2D eigenvalue weighted by Crippen LogP contribution is 2.19. The van der Waals surface area contributed by atoms with Crippen LogP contribution in [0.1, 0.15) is 51.8 Å². The summed E-state index contributed by atoms with van der Waals surface area (Å²) in [4.78, 5) is 4.56. The molecular formula is C15H26N2O. The highest BCUT2D eigenvalue weighted by molar-refractivity contribution is 5.26. The molecule has 0 bridgehead atoms. The van der Waals surface area contributed by atoms with Crippen molar-refractivity contribution < 1.29 is 4.74 Å². The van der Waals surface area contributed by atoms with Crippen molar-refractivity contribution in [3.8, 4) is 5.88 Å². The Morgan fingerprint density at radius 3 is 2.50 bits per heavy atom. The maximum absolute atomic E-state index is 5.74. The molecule has 0 fully saturated rings. The Kier molecular flexibility index (Phi) is 6.13. The second-order valence-electron chi connectivity index (χ2n) is 5.38. The summed E-state index contributed by atoms with van der Waals surface area (Å²) in [5.41, 5.74) is 2.35. The van der Waals surface area contributed by atoms with Crippen LogP contribution in [-0.2, 0) is 6.54 Å². The number of aromatic nitrogens is 1. The van der Waals surface area contributed by atoms with Crippen LogP contribution in [-0.4, -0.2) is 18.1 Å². The molecule has 1 N–H and O–H groups in total. The molecule has 0 atom stereocenters. The van der Waals surface area contributed by atoms with E-state index in [1.54, 1.807) is 0 Å². The van der Waals surface area contributed by atoms with Gasteiger partial charge in [0.25, 0.3) is 0 Å². The summed E-state index contributed by atoms with van der Waals surface area (Å²) < 4.78 is 5.74. The van der Waals surface area contributed by atoms with E-state index in [1.165, 1.54) is 5.56 Å². The SMILES string of the molecule is CCNCc1cc(OCC(C)C)nc(C(C)C)c1. The first-order valence-corrected chi connectivity index (χ1v) is 6.87. The Balaban J connectivity index is 2.83. The Labute approximate surface area is 111 Å². The fraction of sp³-hybridized carbons (Fsp3) is 0.667. The van der Waals surface area contributed by atoms with Crippen LogP contribution in [0.5, 0.6) is 5.88 Å². The Bertz CT molecular complexity index is 362. The van der Waals surface area contributed by atoms with Crippen LogP contribution in [0.4, 0.5) is 0 Å². The fourth-order valence-electron chi connectivity index (χ4n) is 1.58. The molecule has 102 valence electrons. The quantitative estimate of drug-likeness (QED) is 0.806. The van der Waals surface area contributed by atoms with Gasteiger partial charge >= 0.3 is 0 Å².